The van der Waals surface area contributed by atoms with Crippen molar-refractivity contribution in [1.29, 1.82) is 0 Å². The summed E-state index contributed by atoms with van der Waals surface area (Å²) in [7, 11) is 0. The Morgan fingerprint density at radius 2 is 1.89 bits per heavy atom. The highest BCUT2D eigenvalue weighted by Gasteiger charge is 2.32. The third kappa shape index (κ3) is 5.59. The molecule has 1 atom stereocenters. The van der Waals surface area contributed by atoms with Crippen LogP contribution < -0.4 is 5.32 Å². The van der Waals surface area contributed by atoms with Gasteiger partial charge in [-0.15, -0.1) is 0 Å². The molecule has 0 radical (unpaired) electrons. The minimum atomic E-state index is -0.247. The first kappa shape index (κ1) is 26.2. The predicted molar refractivity (Wildman–Crippen MR) is 138 cm³/mol. The quantitative estimate of drug-likeness (QED) is 0.537. The van der Waals surface area contributed by atoms with Gasteiger partial charge in [-0.2, -0.15) is 0 Å². The van der Waals surface area contributed by atoms with Crippen LogP contribution in [-0.2, 0) is 38.4 Å². The topological polar surface area (TPSA) is 89.9 Å². The highest BCUT2D eigenvalue weighted by Crippen LogP contribution is 2.40. The van der Waals surface area contributed by atoms with Crippen molar-refractivity contribution >= 4 is 28.7 Å². The second kappa shape index (κ2) is 11.9. The summed E-state index contributed by atoms with van der Waals surface area (Å²) in [6.07, 6.45) is 5.14. The van der Waals surface area contributed by atoms with Crippen LogP contribution in [0, 0.1) is 11.8 Å². The number of esters is 1. The molecule has 1 unspecified atom stereocenters. The molecule has 8 heteroatoms. The fraction of sp³-hybridized carbons (Fsp3) is 0.607. The highest BCUT2D eigenvalue weighted by atomic mass is 16.5. The standard InChI is InChI=1S/C28H39N3O5/c1-4-29-26(32)17-30(5-2)28(34)21-8-10-25-23(16-21)22-15-20(19-11-13-35-14-12-19)7-9-24(22)31(25)18-27(33)36-6-3/h8,10,16,19-20H,4-7,9,11-15,17-18H2,1-3H3,(H,29,32). The van der Waals surface area contributed by atoms with Crippen molar-refractivity contribution in [2.75, 3.05) is 39.5 Å². The van der Waals surface area contributed by atoms with Crippen molar-refractivity contribution < 1.29 is 23.9 Å². The van der Waals surface area contributed by atoms with Crippen molar-refractivity contribution in [2.45, 2.75) is 59.4 Å². The van der Waals surface area contributed by atoms with E-state index in [0.29, 0.717) is 37.1 Å². The lowest BCUT2D eigenvalue weighted by Gasteiger charge is -2.33. The lowest BCUT2D eigenvalue weighted by molar-refractivity contribution is -0.143. The molecule has 2 heterocycles. The summed E-state index contributed by atoms with van der Waals surface area (Å²) in [6, 6.07) is 5.72. The maximum absolute atomic E-state index is 13.4. The largest absolute Gasteiger partial charge is 0.465 e. The van der Waals surface area contributed by atoms with Gasteiger partial charge in [0.15, 0.2) is 0 Å². The number of amides is 2. The summed E-state index contributed by atoms with van der Waals surface area (Å²) in [5.41, 5.74) is 3.96. The van der Waals surface area contributed by atoms with Crippen LogP contribution in [0.1, 0.15) is 61.6 Å². The molecule has 1 aromatic heterocycles. The van der Waals surface area contributed by atoms with Gasteiger partial charge < -0.3 is 24.3 Å². The van der Waals surface area contributed by atoms with Gasteiger partial charge in [0.25, 0.3) is 5.91 Å². The lowest BCUT2D eigenvalue weighted by atomic mass is 9.75. The van der Waals surface area contributed by atoms with E-state index in [4.69, 9.17) is 9.47 Å². The SMILES string of the molecule is CCNC(=O)CN(CC)C(=O)c1ccc2c(c1)c1c(n2CC(=O)OCC)CCC(C2CCOCC2)C1. The Hall–Kier alpha value is -2.87. The predicted octanol–water partition coefficient (Wildman–Crippen LogP) is 3.33. The first-order valence-corrected chi connectivity index (χ1v) is 13.4. The zero-order valence-corrected chi connectivity index (χ0v) is 21.8. The maximum Gasteiger partial charge on any atom is 0.325 e. The van der Waals surface area contributed by atoms with E-state index in [-0.39, 0.29) is 30.9 Å². The maximum atomic E-state index is 13.4. The minimum absolute atomic E-state index is 0.0367. The van der Waals surface area contributed by atoms with Crippen LogP contribution in [-0.4, -0.2) is 66.7 Å². The normalized spacial score (nSPS) is 18.0. The smallest absolute Gasteiger partial charge is 0.325 e. The molecule has 196 valence electrons. The van der Waals surface area contributed by atoms with Gasteiger partial charge in [-0.05, 0) is 88.5 Å². The van der Waals surface area contributed by atoms with Gasteiger partial charge in [-0.3, -0.25) is 14.4 Å². The summed E-state index contributed by atoms with van der Waals surface area (Å²) in [6.45, 7) is 8.76. The Labute approximate surface area is 213 Å². The Bertz CT molecular complexity index is 1100. The monoisotopic (exact) mass is 497 g/mol. The van der Waals surface area contributed by atoms with E-state index in [0.717, 1.165) is 56.2 Å². The second-order valence-electron chi connectivity index (χ2n) is 9.77. The number of ether oxygens (including phenoxy) is 2. The van der Waals surface area contributed by atoms with Gasteiger partial charge in [0.1, 0.15) is 6.54 Å². The van der Waals surface area contributed by atoms with Crippen molar-refractivity contribution in [1.82, 2.24) is 14.8 Å². The number of likely N-dealkylation sites (N-methyl/N-ethyl adjacent to an activating group) is 2. The van der Waals surface area contributed by atoms with Crippen molar-refractivity contribution in [2.24, 2.45) is 11.8 Å². The van der Waals surface area contributed by atoms with Crippen molar-refractivity contribution in [3.63, 3.8) is 0 Å². The molecule has 1 aliphatic carbocycles. The minimum Gasteiger partial charge on any atom is -0.465 e. The molecule has 2 aromatic rings. The number of fused-ring (bicyclic) bond motifs is 3. The molecular formula is C28H39N3O5. The first-order chi connectivity index (χ1) is 17.5. The van der Waals surface area contributed by atoms with Gasteiger partial charge in [0.2, 0.25) is 5.91 Å². The third-order valence-electron chi connectivity index (χ3n) is 7.65. The van der Waals surface area contributed by atoms with E-state index < -0.39 is 0 Å². The Kier molecular flexibility index (Phi) is 8.67. The van der Waals surface area contributed by atoms with Crippen LogP contribution in [0.2, 0.25) is 0 Å². The summed E-state index contributed by atoms with van der Waals surface area (Å²) in [5, 5.41) is 3.80. The molecule has 1 aliphatic heterocycles. The van der Waals surface area contributed by atoms with E-state index in [1.165, 1.54) is 11.3 Å². The fourth-order valence-electron chi connectivity index (χ4n) is 5.85. The Morgan fingerprint density at radius 1 is 1.11 bits per heavy atom. The summed E-state index contributed by atoms with van der Waals surface area (Å²) >= 11 is 0. The number of aromatic nitrogens is 1. The average molecular weight is 498 g/mol. The Morgan fingerprint density at radius 3 is 2.58 bits per heavy atom. The van der Waals surface area contributed by atoms with E-state index in [1.807, 2.05) is 39.0 Å². The van der Waals surface area contributed by atoms with E-state index >= 15 is 0 Å². The number of rotatable bonds is 9. The molecule has 1 saturated heterocycles. The summed E-state index contributed by atoms with van der Waals surface area (Å²) in [5.74, 6) is 0.656. The number of carbonyl (C=O) groups excluding carboxylic acids is 3. The number of benzene rings is 1. The average Bonchev–Trinajstić information content (AvgIpc) is 3.19. The third-order valence-corrected chi connectivity index (χ3v) is 7.65. The van der Waals surface area contributed by atoms with Crippen LogP contribution in [0.5, 0.6) is 0 Å². The molecule has 0 saturated carbocycles. The number of hydrogen-bond acceptors (Lipinski definition) is 5. The molecule has 0 spiro atoms. The molecule has 1 aromatic carbocycles. The summed E-state index contributed by atoms with van der Waals surface area (Å²) in [4.78, 5) is 39.5. The molecule has 2 amide bonds. The van der Waals surface area contributed by atoms with E-state index in [9.17, 15) is 14.4 Å². The highest BCUT2D eigenvalue weighted by molar-refractivity contribution is 6.01. The van der Waals surface area contributed by atoms with Crippen molar-refractivity contribution in [3.8, 4) is 0 Å². The molecule has 1 N–H and O–H groups in total. The molecular weight excluding hydrogens is 458 g/mol. The molecule has 1 fully saturated rings. The van der Waals surface area contributed by atoms with E-state index in [2.05, 4.69) is 9.88 Å². The van der Waals surface area contributed by atoms with Gasteiger partial charge in [-0.25, -0.2) is 0 Å². The van der Waals surface area contributed by atoms with Crippen LogP contribution in [0.25, 0.3) is 10.9 Å². The number of nitrogens with one attached hydrogen (secondary N) is 1. The molecule has 36 heavy (non-hydrogen) atoms. The van der Waals surface area contributed by atoms with Crippen LogP contribution in [0.3, 0.4) is 0 Å². The first-order valence-electron chi connectivity index (χ1n) is 13.4. The lowest BCUT2D eigenvalue weighted by Crippen LogP contribution is -2.40. The van der Waals surface area contributed by atoms with Gasteiger partial charge in [0, 0.05) is 48.5 Å². The molecule has 8 nitrogen and oxygen atoms in total. The zero-order chi connectivity index (χ0) is 25.7. The molecule has 2 aliphatic rings. The Balaban J connectivity index is 1.69. The number of nitrogens with zero attached hydrogens (tertiary/aromatic N) is 2. The van der Waals surface area contributed by atoms with E-state index in [1.54, 1.807) is 4.90 Å². The van der Waals surface area contributed by atoms with Gasteiger partial charge in [-0.1, -0.05) is 0 Å². The van der Waals surface area contributed by atoms with Gasteiger partial charge >= 0.3 is 5.97 Å². The molecule has 0 bridgehead atoms. The van der Waals surface area contributed by atoms with Gasteiger partial charge in [0.05, 0.1) is 13.2 Å². The fourth-order valence-corrected chi connectivity index (χ4v) is 5.85. The molecule has 4 rings (SSSR count). The van der Waals surface area contributed by atoms with Crippen LogP contribution in [0.15, 0.2) is 18.2 Å². The number of hydrogen-bond donors (Lipinski definition) is 1. The zero-order valence-electron chi connectivity index (χ0n) is 21.8. The van der Waals surface area contributed by atoms with Crippen molar-refractivity contribution in [3.05, 3.63) is 35.0 Å². The van der Waals surface area contributed by atoms with Crippen LogP contribution in [0.4, 0.5) is 0 Å². The van der Waals surface area contributed by atoms with Crippen LogP contribution >= 0.6 is 0 Å². The number of carbonyl (C=O) groups is 3. The second-order valence-corrected chi connectivity index (χ2v) is 9.77. The summed E-state index contributed by atoms with van der Waals surface area (Å²) < 4.78 is 12.9.